The van der Waals surface area contributed by atoms with Crippen LogP contribution in [0.5, 0.6) is 0 Å². The summed E-state index contributed by atoms with van der Waals surface area (Å²) in [5.41, 5.74) is 4.96. The maximum atomic E-state index is 13.3. The zero-order valence-corrected chi connectivity index (χ0v) is 51.7. The Morgan fingerprint density at radius 3 is 1.20 bits per heavy atom. The van der Waals surface area contributed by atoms with Gasteiger partial charge in [-0.15, -0.1) is 0 Å². The van der Waals surface area contributed by atoms with Gasteiger partial charge in [0.25, 0.3) is 0 Å². The molecule has 0 saturated carbocycles. The molecule has 8 N–H and O–H groups in total. The molecule has 28 heteroatoms. The number of amides is 4. The molecule has 24 nitrogen and oxygen atoms in total. The Hall–Kier alpha value is -6.21. The summed E-state index contributed by atoms with van der Waals surface area (Å²) >= 11 is 0. The van der Waals surface area contributed by atoms with Crippen molar-refractivity contribution in [3.63, 3.8) is 0 Å². The van der Waals surface area contributed by atoms with E-state index in [4.69, 9.17) is 28.0 Å². The number of hydrogen-bond acceptors (Lipinski definition) is 16. The molecule has 2 aromatic heterocycles. The average molecular weight is 1220 g/mol. The second kappa shape index (κ2) is 38.2. The van der Waals surface area contributed by atoms with E-state index in [1.807, 2.05) is 113 Å². The Balaban J connectivity index is 0.000000440. The van der Waals surface area contributed by atoms with E-state index < -0.39 is 75.6 Å². The van der Waals surface area contributed by atoms with Crippen molar-refractivity contribution in [3.05, 3.63) is 144 Å². The normalized spacial score (nSPS) is 13.8. The van der Waals surface area contributed by atoms with Gasteiger partial charge in [-0.2, -0.15) is 0 Å². The quantitative estimate of drug-likeness (QED) is 0.00929. The third kappa shape index (κ3) is 26.4. The van der Waals surface area contributed by atoms with Crippen molar-refractivity contribution in [2.75, 3.05) is 39.5 Å². The Kier molecular flexibility index (Phi) is 32.9. The largest absolute Gasteiger partial charge is 1.00 e. The van der Waals surface area contributed by atoms with Crippen LogP contribution >= 0.6 is 15.5 Å². The summed E-state index contributed by atoms with van der Waals surface area (Å²) in [5, 5.41) is 16.5. The molecule has 0 saturated heterocycles. The Bertz CT molecular complexity index is 2950. The molecule has 4 amide bonds. The van der Waals surface area contributed by atoms with Crippen molar-refractivity contribution in [3.8, 4) is 0 Å². The SMILES string of the molecule is CCOC(=O)[C@H](Cc1c[nH]c2ccccc12)NC(=O)[C@H](CC(C)C)NP(=O)([O-])OCCNC(=O)OCc1ccccc1.CCOC(=O)[C@H](Cc1c[nH]c2ccccc12)NC(=O)[C@H](CC(C)C)NP(=O)([O-])OCCNC(=O)OCc1ccccc1.[Li+].[Li+]. The van der Waals surface area contributed by atoms with E-state index in [-0.39, 0.29) is 128 Å². The standard InChI is InChI=1S/2C29H39N4O8P.2Li/c2*1-4-39-28(35)26(17-22-18-31-24-13-9-8-12-23(22)24)32-27(34)25(16-20(2)3)33-42(37,38)41-15-14-30-29(36)40-19-21-10-6-5-7-11-21;;/h2*5-13,18,20,25-26,31H,4,14-17,19H2,1-3H3,(H,30,36)(H,32,34)(H2,33,37,38);;/q;;2*+1/p-2/t2*25-,26-;;/m00../s1. The number of aromatic nitrogens is 2. The number of aromatic amines is 2. The fourth-order valence-corrected chi connectivity index (χ4v) is 10.5. The molecule has 0 spiro atoms. The number of esters is 2. The zero-order chi connectivity index (χ0) is 61.1. The Morgan fingerprint density at radius 2 is 0.849 bits per heavy atom. The molecule has 4 aromatic carbocycles. The van der Waals surface area contributed by atoms with Gasteiger partial charge in [0, 0.05) is 60.1 Å². The molecule has 0 radical (unpaired) electrons. The molecule has 456 valence electrons. The summed E-state index contributed by atoms with van der Waals surface area (Å²) in [7, 11) is -9.45. The van der Waals surface area contributed by atoms with Crippen LogP contribution in [0.3, 0.4) is 0 Å². The van der Waals surface area contributed by atoms with Crippen LogP contribution in [-0.2, 0) is 82.4 Å². The second-order valence-electron chi connectivity index (χ2n) is 20.0. The summed E-state index contributed by atoms with van der Waals surface area (Å²) in [5.74, 6) is -2.78. The second-order valence-corrected chi connectivity index (χ2v) is 23.0. The van der Waals surface area contributed by atoms with Gasteiger partial charge in [-0.1, -0.05) is 125 Å². The number of carbonyl (C=O) groups excluding carboxylic acids is 6. The van der Waals surface area contributed by atoms with Gasteiger partial charge < -0.3 is 69.0 Å². The van der Waals surface area contributed by atoms with E-state index >= 15 is 0 Å². The number of rotatable bonds is 32. The van der Waals surface area contributed by atoms with Gasteiger partial charge in [0.15, 0.2) is 0 Å². The summed E-state index contributed by atoms with van der Waals surface area (Å²) in [4.78, 5) is 108. The first-order valence-corrected chi connectivity index (χ1v) is 30.6. The molecule has 0 fully saturated rings. The number of hydrogen-bond donors (Lipinski definition) is 8. The number of carbonyl (C=O) groups is 6. The van der Waals surface area contributed by atoms with Crippen molar-refractivity contribution in [1.29, 1.82) is 0 Å². The molecular formula is C58H76Li2N8O16P2. The molecule has 0 aliphatic heterocycles. The molecule has 6 rings (SSSR count). The van der Waals surface area contributed by atoms with Gasteiger partial charge in [0.1, 0.15) is 25.3 Å². The number of fused-ring (bicyclic) bond motifs is 2. The predicted octanol–water partition coefficient (Wildman–Crippen LogP) is 0.356. The van der Waals surface area contributed by atoms with Crippen LogP contribution in [0.1, 0.15) is 76.6 Å². The van der Waals surface area contributed by atoms with Crippen molar-refractivity contribution in [1.82, 2.24) is 41.4 Å². The van der Waals surface area contributed by atoms with Crippen molar-refractivity contribution in [2.45, 2.75) is 105 Å². The molecule has 6 atom stereocenters. The van der Waals surface area contributed by atoms with Gasteiger partial charge in [-0.3, -0.25) is 18.7 Å². The molecule has 0 bridgehead atoms. The van der Waals surface area contributed by atoms with E-state index in [1.165, 1.54) is 0 Å². The fourth-order valence-electron chi connectivity index (χ4n) is 8.48. The van der Waals surface area contributed by atoms with Crippen LogP contribution in [0.15, 0.2) is 122 Å². The Morgan fingerprint density at radius 1 is 0.500 bits per heavy atom. The number of para-hydroxylation sites is 2. The number of benzene rings is 4. The van der Waals surface area contributed by atoms with Crippen LogP contribution in [0.4, 0.5) is 9.59 Å². The first kappa shape index (κ1) is 74.0. The van der Waals surface area contributed by atoms with Crippen molar-refractivity contribution < 1.29 is 113 Å². The predicted molar refractivity (Wildman–Crippen MR) is 310 cm³/mol. The monoisotopic (exact) mass is 1220 g/mol. The van der Waals surface area contributed by atoms with E-state index in [0.717, 1.165) is 44.1 Å². The van der Waals surface area contributed by atoms with Crippen molar-refractivity contribution >= 4 is 73.2 Å². The minimum Gasteiger partial charge on any atom is -0.766 e. The molecule has 86 heavy (non-hydrogen) atoms. The van der Waals surface area contributed by atoms with Gasteiger partial charge in [0.05, 0.1) is 38.5 Å². The maximum Gasteiger partial charge on any atom is 1.00 e. The summed E-state index contributed by atoms with van der Waals surface area (Å²) in [6.45, 7) is 9.97. The number of nitrogens with one attached hydrogen (secondary N) is 8. The van der Waals surface area contributed by atoms with Crippen molar-refractivity contribution in [2.24, 2.45) is 11.8 Å². The van der Waals surface area contributed by atoms with Crippen LogP contribution < -0.4 is 78.9 Å². The first-order chi connectivity index (χ1) is 40.1. The van der Waals surface area contributed by atoms with Crippen LogP contribution in [0.25, 0.3) is 21.8 Å². The topological polar surface area (TPSA) is 342 Å². The van der Waals surface area contributed by atoms with Crippen LogP contribution in [0.2, 0.25) is 0 Å². The molecule has 2 unspecified atom stereocenters. The minimum absolute atomic E-state index is 0. The molecular weight excluding hydrogens is 1140 g/mol. The van der Waals surface area contributed by atoms with Gasteiger partial charge in [-0.05, 0) is 72.9 Å². The number of H-pyrrole nitrogens is 2. The van der Waals surface area contributed by atoms with Gasteiger partial charge in [0.2, 0.25) is 27.3 Å². The number of alkyl carbamates (subject to hydrolysis) is 2. The first-order valence-electron chi connectivity index (χ1n) is 27.6. The van der Waals surface area contributed by atoms with Crippen LogP contribution in [0, 0.1) is 11.8 Å². The molecule has 0 aliphatic rings. The zero-order valence-electron chi connectivity index (χ0n) is 49.9. The van der Waals surface area contributed by atoms with E-state index in [9.17, 15) is 47.7 Å². The smallest absolute Gasteiger partial charge is 0.766 e. The van der Waals surface area contributed by atoms with Gasteiger partial charge in [-0.25, -0.2) is 29.4 Å². The fraction of sp³-hybridized carbons (Fsp3) is 0.414. The average Bonchev–Trinajstić information content (AvgIpc) is 4.30. The van der Waals surface area contributed by atoms with Crippen LogP contribution in [-0.4, -0.2) is 110 Å². The molecule has 2 heterocycles. The third-order valence-electron chi connectivity index (χ3n) is 12.3. The minimum atomic E-state index is -4.73. The molecule has 6 aromatic rings. The summed E-state index contributed by atoms with van der Waals surface area (Å²) < 4.78 is 55.8. The summed E-state index contributed by atoms with van der Waals surface area (Å²) in [6, 6.07) is 28.7. The Labute approximate surface area is 525 Å². The van der Waals surface area contributed by atoms with Gasteiger partial charge >= 0.3 is 61.8 Å². The number of ether oxygens (including phenoxy) is 4. The van der Waals surface area contributed by atoms with E-state index in [2.05, 4.69) is 41.4 Å². The van der Waals surface area contributed by atoms with E-state index in [0.29, 0.717) is 0 Å². The maximum absolute atomic E-state index is 13.3. The van der Waals surface area contributed by atoms with E-state index in [1.54, 1.807) is 50.5 Å². The third-order valence-corrected chi connectivity index (χ3v) is 14.6. The summed E-state index contributed by atoms with van der Waals surface area (Å²) in [6.07, 6.45) is 2.64. The molecule has 0 aliphatic carbocycles.